The van der Waals surface area contributed by atoms with Gasteiger partial charge in [0.15, 0.2) is 0 Å². The second kappa shape index (κ2) is 9.87. The Labute approximate surface area is 184 Å². The van der Waals surface area contributed by atoms with Gasteiger partial charge in [0.25, 0.3) is 0 Å². The molecule has 5 nitrogen and oxygen atoms in total. The molecule has 8 heteroatoms. The number of fused-ring (bicyclic) bond motifs is 1. The maximum Gasteiger partial charge on any atom is 0.147 e. The Morgan fingerprint density at radius 2 is 1.90 bits per heavy atom. The number of nitrogens with zero attached hydrogens (tertiary/aromatic N) is 3. The lowest BCUT2D eigenvalue weighted by Gasteiger charge is -2.30. The number of rotatable bonds is 8. The Kier molecular flexibility index (Phi) is 6.97. The molecule has 0 bridgehead atoms. The molecule has 1 fully saturated rings. The van der Waals surface area contributed by atoms with Crippen molar-refractivity contribution in [1.82, 2.24) is 20.5 Å². The van der Waals surface area contributed by atoms with Crippen LogP contribution in [0.5, 0.6) is 0 Å². The highest BCUT2D eigenvalue weighted by Gasteiger charge is 2.27. The number of hydrogen-bond donors (Lipinski definition) is 1. The monoisotopic (exact) mass is 444 g/mol. The zero-order chi connectivity index (χ0) is 21.8. The van der Waals surface area contributed by atoms with Gasteiger partial charge >= 0.3 is 0 Å². The third-order valence-corrected chi connectivity index (χ3v) is 6.82. The van der Waals surface area contributed by atoms with Crippen LogP contribution in [-0.4, -0.2) is 46.4 Å². The molecule has 1 saturated carbocycles. The van der Waals surface area contributed by atoms with Crippen LogP contribution in [0.1, 0.15) is 36.4 Å². The third kappa shape index (κ3) is 5.30. The minimum atomic E-state index is -0.729. The molecule has 3 aromatic rings. The van der Waals surface area contributed by atoms with Gasteiger partial charge < -0.3 is 5.32 Å². The van der Waals surface area contributed by atoms with Gasteiger partial charge in [0.05, 0.1) is 6.04 Å². The van der Waals surface area contributed by atoms with Crippen LogP contribution in [0, 0.1) is 12.8 Å². The quantitative estimate of drug-likeness (QED) is 0.549. The fourth-order valence-corrected chi connectivity index (χ4v) is 4.89. The lowest BCUT2D eigenvalue weighted by atomic mass is 9.82. The molecule has 0 unspecified atom stereocenters. The molecule has 0 aliphatic heterocycles. The number of ketones is 1. The van der Waals surface area contributed by atoms with E-state index in [0.29, 0.717) is 6.42 Å². The van der Waals surface area contributed by atoms with Gasteiger partial charge in [0.1, 0.15) is 29.1 Å². The first-order chi connectivity index (χ1) is 15.1. The molecule has 0 atom stereocenters. The highest BCUT2D eigenvalue weighted by molar-refractivity contribution is 7.14. The van der Waals surface area contributed by atoms with Crippen molar-refractivity contribution >= 4 is 27.9 Å². The van der Waals surface area contributed by atoms with Crippen molar-refractivity contribution < 1.29 is 13.6 Å². The Morgan fingerprint density at radius 1 is 1.13 bits per heavy atom. The van der Waals surface area contributed by atoms with Gasteiger partial charge in [-0.25, -0.2) is 8.78 Å². The van der Waals surface area contributed by atoms with Gasteiger partial charge in [-0.05, 0) is 50.1 Å². The number of aryl methyl sites for hydroxylation is 1. The van der Waals surface area contributed by atoms with Crippen LogP contribution in [0.25, 0.3) is 21.3 Å². The topological polar surface area (TPSA) is 67.8 Å². The molecule has 2 aromatic heterocycles. The number of benzene rings is 1. The Bertz CT molecular complexity index is 1040. The number of nitrogens with one attached hydrogen (secondary N) is 1. The number of carbonyl (C=O) groups excluding carboxylic acids is 1. The summed E-state index contributed by atoms with van der Waals surface area (Å²) in [4.78, 5) is 17.3. The van der Waals surface area contributed by atoms with Gasteiger partial charge in [0, 0.05) is 41.2 Å². The molecule has 1 aromatic carbocycles. The minimum absolute atomic E-state index is 0.0135. The van der Waals surface area contributed by atoms with Crippen molar-refractivity contribution in [2.75, 3.05) is 13.3 Å². The molecule has 1 aliphatic carbocycles. The molecule has 164 valence electrons. The second-order valence-electron chi connectivity index (χ2n) is 8.23. The molecule has 0 saturated heterocycles. The highest BCUT2D eigenvalue weighted by Crippen LogP contribution is 2.29. The summed E-state index contributed by atoms with van der Waals surface area (Å²) in [6, 6.07) is 7.42. The molecule has 0 amide bonds. The van der Waals surface area contributed by atoms with E-state index in [2.05, 4.69) is 26.6 Å². The number of hydrogen-bond acceptors (Lipinski definition) is 6. The maximum absolute atomic E-state index is 12.8. The zero-order valence-electron chi connectivity index (χ0n) is 17.5. The minimum Gasteiger partial charge on any atom is -0.306 e. The van der Waals surface area contributed by atoms with Crippen molar-refractivity contribution in [3.63, 3.8) is 0 Å². The van der Waals surface area contributed by atoms with E-state index in [1.54, 1.807) is 11.3 Å². The van der Waals surface area contributed by atoms with E-state index in [1.165, 1.54) is 0 Å². The number of carbonyl (C=O) groups is 1. The van der Waals surface area contributed by atoms with Crippen molar-refractivity contribution in [3.8, 4) is 10.6 Å². The molecule has 31 heavy (non-hydrogen) atoms. The van der Waals surface area contributed by atoms with Crippen molar-refractivity contribution in [1.29, 1.82) is 0 Å². The van der Waals surface area contributed by atoms with Crippen LogP contribution in [0.2, 0.25) is 0 Å². The highest BCUT2D eigenvalue weighted by atomic mass is 32.1. The number of pyridine rings is 1. The smallest absolute Gasteiger partial charge is 0.147 e. The molecule has 2 heterocycles. The summed E-state index contributed by atoms with van der Waals surface area (Å²) < 4.78 is 25.4. The Morgan fingerprint density at radius 3 is 2.58 bits per heavy atom. The first-order valence-corrected chi connectivity index (χ1v) is 11.5. The SMILES string of the molecule is Cc1nnc(-c2ccc3cnc(CC(=O)C4CCC(NC(CF)CF)CC4)cc3c2)s1. The van der Waals surface area contributed by atoms with E-state index in [4.69, 9.17) is 0 Å². The molecule has 1 aliphatic rings. The first kappa shape index (κ1) is 21.9. The predicted octanol–water partition coefficient (Wildman–Crippen LogP) is 4.63. The molecular formula is C23H26F2N4OS. The van der Waals surface area contributed by atoms with Crippen molar-refractivity contribution in [2.45, 2.75) is 51.1 Å². The van der Waals surface area contributed by atoms with Gasteiger partial charge in [-0.15, -0.1) is 10.2 Å². The predicted molar refractivity (Wildman–Crippen MR) is 119 cm³/mol. The summed E-state index contributed by atoms with van der Waals surface area (Å²) >= 11 is 1.55. The van der Waals surface area contributed by atoms with E-state index in [0.717, 1.165) is 57.7 Å². The third-order valence-electron chi connectivity index (χ3n) is 5.93. The Hall–Kier alpha value is -2.32. The normalized spacial score (nSPS) is 19.2. The van der Waals surface area contributed by atoms with Crippen LogP contribution >= 0.6 is 11.3 Å². The molecule has 1 N–H and O–H groups in total. The first-order valence-electron chi connectivity index (χ1n) is 10.7. The standard InChI is InChI=1S/C23H26F2N4OS/c1-14-28-29-23(31-14)16-2-3-17-13-26-20(9-18(17)8-16)10-22(30)15-4-6-19(7-5-15)27-21(11-24)12-25/h2-3,8-9,13,15,19,21,27H,4-7,10-12H2,1H3. The number of halogens is 2. The van der Waals surface area contributed by atoms with Crippen LogP contribution in [0.15, 0.2) is 30.5 Å². The summed E-state index contributed by atoms with van der Waals surface area (Å²) in [6.45, 7) is 0.520. The number of aromatic nitrogens is 3. The fraction of sp³-hybridized carbons (Fsp3) is 0.478. The largest absolute Gasteiger partial charge is 0.306 e. The van der Waals surface area contributed by atoms with Crippen LogP contribution in [-0.2, 0) is 11.2 Å². The van der Waals surface area contributed by atoms with Crippen LogP contribution in [0.4, 0.5) is 8.78 Å². The summed E-state index contributed by atoms with van der Waals surface area (Å²) in [5.74, 6) is 0.175. The fourth-order valence-electron chi connectivity index (χ4n) is 4.20. The van der Waals surface area contributed by atoms with Gasteiger partial charge in [-0.3, -0.25) is 9.78 Å². The molecule has 0 spiro atoms. The van der Waals surface area contributed by atoms with E-state index in [9.17, 15) is 13.6 Å². The summed E-state index contributed by atoms with van der Waals surface area (Å²) in [6.07, 6.45) is 5.14. The maximum atomic E-state index is 12.8. The van der Waals surface area contributed by atoms with Crippen molar-refractivity contribution in [3.05, 3.63) is 41.2 Å². The average Bonchev–Trinajstić information content (AvgIpc) is 3.23. The van der Waals surface area contributed by atoms with E-state index < -0.39 is 19.4 Å². The van der Waals surface area contributed by atoms with Gasteiger partial charge in [0.2, 0.25) is 0 Å². The van der Waals surface area contributed by atoms with E-state index in [-0.39, 0.29) is 17.7 Å². The van der Waals surface area contributed by atoms with Crippen molar-refractivity contribution in [2.24, 2.45) is 5.92 Å². The average molecular weight is 445 g/mol. The number of alkyl halides is 2. The zero-order valence-corrected chi connectivity index (χ0v) is 18.3. The molecular weight excluding hydrogens is 418 g/mol. The summed E-state index contributed by atoms with van der Waals surface area (Å²) in [5, 5.41) is 15.2. The Balaban J connectivity index is 1.39. The van der Waals surface area contributed by atoms with Crippen LogP contribution < -0.4 is 5.32 Å². The van der Waals surface area contributed by atoms with E-state index >= 15 is 0 Å². The van der Waals surface area contributed by atoms with Crippen LogP contribution in [0.3, 0.4) is 0 Å². The van der Waals surface area contributed by atoms with Gasteiger partial charge in [-0.1, -0.05) is 23.5 Å². The van der Waals surface area contributed by atoms with E-state index in [1.807, 2.05) is 31.3 Å². The number of Topliss-reactive ketones (excluding diaryl/α,β-unsaturated/α-hetero) is 1. The lowest BCUT2D eigenvalue weighted by Crippen LogP contribution is -2.43. The summed E-state index contributed by atoms with van der Waals surface area (Å²) in [7, 11) is 0. The van der Waals surface area contributed by atoms with Gasteiger partial charge in [-0.2, -0.15) is 0 Å². The second-order valence-corrected chi connectivity index (χ2v) is 9.41. The molecule has 0 radical (unpaired) electrons. The summed E-state index contributed by atoms with van der Waals surface area (Å²) in [5.41, 5.74) is 1.77. The molecule has 4 rings (SSSR count). The lowest BCUT2D eigenvalue weighted by molar-refractivity contribution is -0.123.